The second-order valence-electron chi connectivity index (χ2n) is 20.5. The fourth-order valence-corrected chi connectivity index (χ4v) is 7.32. The highest BCUT2D eigenvalue weighted by atomic mass is 16.6. The average molecular weight is 897 g/mol. The van der Waals surface area contributed by atoms with Gasteiger partial charge in [-0.3, -0.25) is 39.0 Å². The minimum atomic E-state index is -1.25. The molecule has 0 saturated carbocycles. The van der Waals surface area contributed by atoms with E-state index in [1.165, 1.54) is 9.80 Å². The number of hydrogen-bond acceptors (Lipinski definition) is 11. The lowest BCUT2D eigenvalue weighted by Crippen LogP contribution is -2.59. The molecule has 16 heteroatoms. The zero-order chi connectivity index (χ0) is 49.1. The lowest BCUT2D eigenvalue weighted by Gasteiger charge is -2.43. The Hall–Kier alpha value is -5.09. The number of imide groups is 1. The summed E-state index contributed by atoms with van der Waals surface area (Å²) in [7, 11) is 3.27. The van der Waals surface area contributed by atoms with Crippen LogP contribution in [-0.4, -0.2) is 130 Å². The molecule has 0 saturated heterocycles. The van der Waals surface area contributed by atoms with Crippen LogP contribution in [0.5, 0.6) is 0 Å². The van der Waals surface area contributed by atoms with E-state index in [4.69, 9.17) is 9.47 Å². The molecule has 1 aliphatic heterocycles. The molecule has 6 amide bonds. The van der Waals surface area contributed by atoms with Gasteiger partial charge in [0.1, 0.15) is 23.5 Å². The average Bonchev–Trinajstić information content (AvgIpc) is 3.49. The maximum absolute atomic E-state index is 14.6. The highest BCUT2D eigenvalue weighted by Crippen LogP contribution is 2.34. The maximum Gasteiger partial charge on any atom is 0.410 e. The molecule has 1 aromatic carbocycles. The molecular weight excluding hydrogens is 821 g/mol. The number of carbonyl (C=O) groups excluding carboxylic acids is 7. The predicted octanol–water partition coefficient (Wildman–Crippen LogP) is 4.99. The number of esters is 1. The molecule has 5 atom stereocenters. The fraction of sp³-hybridized carbons (Fsp3) is 0.646. The molecule has 2 unspecified atom stereocenters. The van der Waals surface area contributed by atoms with Crippen LogP contribution in [0.4, 0.5) is 4.79 Å². The van der Waals surface area contributed by atoms with Gasteiger partial charge in [-0.15, -0.1) is 0 Å². The number of hydrogen-bond donors (Lipinski definition) is 4. The van der Waals surface area contributed by atoms with E-state index in [2.05, 4.69) is 16.0 Å². The Kier molecular flexibility index (Phi) is 19.5. The van der Waals surface area contributed by atoms with Crippen molar-refractivity contribution in [3.05, 3.63) is 59.7 Å². The van der Waals surface area contributed by atoms with E-state index >= 15 is 0 Å². The predicted molar refractivity (Wildman–Crippen MR) is 245 cm³/mol. The summed E-state index contributed by atoms with van der Waals surface area (Å²) >= 11 is 0. The summed E-state index contributed by atoms with van der Waals surface area (Å²) in [5.41, 5.74) is -1.77. The van der Waals surface area contributed by atoms with Crippen molar-refractivity contribution in [3.63, 3.8) is 0 Å². The van der Waals surface area contributed by atoms with Crippen LogP contribution in [0.3, 0.4) is 0 Å². The van der Waals surface area contributed by atoms with Crippen LogP contribution >= 0.6 is 0 Å². The second-order valence-corrected chi connectivity index (χ2v) is 20.5. The van der Waals surface area contributed by atoms with Gasteiger partial charge in [-0.1, -0.05) is 84.9 Å². The third-order valence-electron chi connectivity index (χ3n) is 10.9. The minimum absolute atomic E-state index is 0.0440. The monoisotopic (exact) mass is 897 g/mol. The lowest BCUT2D eigenvalue weighted by atomic mass is 9.75. The largest absolute Gasteiger partial charge is 0.460 e. The second kappa shape index (κ2) is 22.7. The first-order valence-electron chi connectivity index (χ1n) is 22.0. The summed E-state index contributed by atoms with van der Waals surface area (Å²) in [5, 5.41) is 20.3. The third kappa shape index (κ3) is 16.8. The molecule has 1 heterocycles. The van der Waals surface area contributed by atoms with E-state index in [1.54, 1.807) is 68.6 Å². The number of nitrogens with one attached hydrogen (secondary N) is 3. The molecule has 0 radical (unpaired) electrons. The number of aliphatic hydroxyl groups excluding tert-OH is 1. The van der Waals surface area contributed by atoms with Crippen LogP contribution in [0.25, 0.3) is 0 Å². The molecule has 1 aliphatic rings. The Balaban J connectivity index is 2.37. The van der Waals surface area contributed by atoms with Gasteiger partial charge in [0.05, 0.1) is 12.1 Å². The van der Waals surface area contributed by atoms with Crippen molar-refractivity contribution >= 4 is 41.6 Å². The van der Waals surface area contributed by atoms with Crippen molar-refractivity contribution in [1.82, 2.24) is 30.7 Å². The molecule has 4 N–H and O–H groups in total. The first kappa shape index (κ1) is 55.0. The summed E-state index contributed by atoms with van der Waals surface area (Å²) < 4.78 is 11.1. The van der Waals surface area contributed by atoms with Gasteiger partial charge >= 0.3 is 12.1 Å². The van der Waals surface area contributed by atoms with Gasteiger partial charge in [-0.2, -0.15) is 0 Å². The zero-order valence-corrected chi connectivity index (χ0v) is 41.1. The minimum Gasteiger partial charge on any atom is -0.460 e. The Morgan fingerprint density at radius 2 is 1.38 bits per heavy atom. The van der Waals surface area contributed by atoms with Crippen LogP contribution < -0.4 is 16.0 Å². The summed E-state index contributed by atoms with van der Waals surface area (Å²) in [4.78, 5) is 95.9. The van der Waals surface area contributed by atoms with Gasteiger partial charge in [0, 0.05) is 69.2 Å². The lowest BCUT2D eigenvalue weighted by molar-refractivity contribution is -0.155. The van der Waals surface area contributed by atoms with E-state index in [-0.39, 0.29) is 49.8 Å². The summed E-state index contributed by atoms with van der Waals surface area (Å²) in [6.07, 6.45) is 1.87. The highest BCUT2D eigenvalue weighted by Gasteiger charge is 2.42. The van der Waals surface area contributed by atoms with Crippen molar-refractivity contribution in [3.8, 4) is 0 Å². The van der Waals surface area contributed by atoms with E-state index < -0.39 is 88.1 Å². The van der Waals surface area contributed by atoms with Crippen molar-refractivity contribution in [2.75, 3.05) is 27.2 Å². The first-order valence-corrected chi connectivity index (χ1v) is 22.0. The molecular formula is C48H76N6O10. The summed E-state index contributed by atoms with van der Waals surface area (Å²) in [6, 6.07) is 6.35. The third-order valence-corrected chi connectivity index (χ3v) is 10.9. The van der Waals surface area contributed by atoms with Crippen LogP contribution in [-0.2, 0) is 43.7 Å². The van der Waals surface area contributed by atoms with Crippen LogP contribution in [0, 0.1) is 11.3 Å². The van der Waals surface area contributed by atoms with Gasteiger partial charge in [0.25, 0.3) is 11.8 Å². The standard InChI is InChI=1S/C48H76N6O10/c1-30(2)34(28-31(3)41(59)50-33(22-25-39(58)63-46(7,8)9)42(60)49-26-27-54-37(56)23-24-38(54)57)52(15)43(61)40(45(4,5)6)51-36(55)29-35(53(16)44(62)64-47(10,11)12)48(13,14)32-20-18-17-19-21-32/h17-21,23-24,28,30,33-36,40,51,55H,22,25-27,29H2,1-16H3,(H,49,60)(H,50,59)/b31-28+/t33?,34-,35-,36?,40-/m1/s1. The molecule has 1 aromatic rings. The fourth-order valence-electron chi connectivity index (χ4n) is 7.32. The molecule has 0 aromatic heterocycles. The number of aliphatic hydroxyl groups is 1. The first-order chi connectivity index (χ1) is 29.3. The Morgan fingerprint density at radius 3 is 1.88 bits per heavy atom. The van der Waals surface area contributed by atoms with E-state index in [9.17, 15) is 38.7 Å². The number of nitrogens with zero attached hydrogens (tertiary/aromatic N) is 3. The van der Waals surface area contributed by atoms with Gasteiger partial charge in [0.2, 0.25) is 17.7 Å². The molecule has 0 fully saturated rings. The van der Waals surface area contributed by atoms with Crippen LogP contribution in [0.1, 0.15) is 122 Å². The molecule has 16 nitrogen and oxygen atoms in total. The van der Waals surface area contributed by atoms with E-state index in [0.29, 0.717) is 0 Å². The normalized spacial score (nSPS) is 16.2. The number of benzene rings is 1. The highest BCUT2D eigenvalue weighted by molar-refractivity contribution is 6.12. The smallest absolute Gasteiger partial charge is 0.410 e. The van der Waals surface area contributed by atoms with Gasteiger partial charge in [0.15, 0.2) is 0 Å². The SMILES string of the molecule is C/C(=C\[C@H](C(C)C)N(C)C(=O)[C@@H](NC(O)C[C@@H](N(C)C(=O)OC(C)(C)C)C(C)(C)c1ccccc1)C(C)(C)C)C(=O)NC(CCC(=O)OC(C)(C)C)C(=O)NCCN1C(=O)C=CC1=O. The Labute approximate surface area is 380 Å². The van der Waals surface area contributed by atoms with Crippen molar-refractivity contribution in [1.29, 1.82) is 0 Å². The Bertz CT molecular complexity index is 1850. The summed E-state index contributed by atoms with van der Waals surface area (Å²) in [5.74, 6) is -3.37. The quantitative estimate of drug-likeness (QED) is 0.0595. The number of rotatable bonds is 20. The van der Waals surface area contributed by atoms with Crippen molar-refractivity contribution in [2.24, 2.45) is 11.3 Å². The molecule has 358 valence electrons. The molecule has 2 rings (SSSR count). The Morgan fingerprint density at radius 1 is 0.828 bits per heavy atom. The van der Waals surface area contributed by atoms with Crippen LogP contribution in [0.2, 0.25) is 0 Å². The maximum atomic E-state index is 14.6. The van der Waals surface area contributed by atoms with Gasteiger partial charge in [-0.05, 0) is 71.8 Å². The molecule has 64 heavy (non-hydrogen) atoms. The molecule has 0 spiro atoms. The topological polar surface area (TPSA) is 204 Å². The number of ether oxygens (including phenoxy) is 2. The molecule has 0 aliphatic carbocycles. The van der Waals surface area contributed by atoms with Crippen molar-refractivity contribution < 1.29 is 48.1 Å². The van der Waals surface area contributed by atoms with Crippen molar-refractivity contribution in [2.45, 2.75) is 163 Å². The van der Waals surface area contributed by atoms with Gasteiger partial charge < -0.3 is 35.0 Å². The van der Waals surface area contributed by atoms with Crippen LogP contribution in [0.15, 0.2) is 54.1 Å². The zero-order valence-electron chi connectivity index (χ0n) is 41.1. The molecule has 0 bridgehead atoms. The van der Waals surface area contributed by atoms with Gasteiger partial charge in [-0.25, -0.2) is 4.79 Å². The number of amides is 6. The summed E-state index contributed by atoms with van der Waals surface area (Å²) in [6.45, 7) is 25.3. The van der Waals surface area contributed by atoms with E-state index in [0.717, 1.165) is 22.6 Å². The van der Waals surface area contributed by atoms with E-state index in [1.807, 2.05) is 78.8 Å². The number of likely N-dealkylation sites (N-methyl/N-ethyl adjacent to an activating group) is 2. The number of carbonyl (C=O) groups is 7.